The molecule has 2 atom stereocenters. The van der Waals surface area contributed by atoms with Gasteiger partial charge in [-0.15, -0.1) is 0 Å². The van der Waals surface area contributed by atoms with Gasteiger partial charge in [-0.1, -0.05) is 13.3 Å². The normalized spacial score (nSPS) is 27.3. The van der Waals surface area contributed by atoms with Crippen LogP contribution in [0.1, 0.15) is 39.5 Å². The molecule has 1 rings (SSSR count). The average molecular weight is 198 g/mol. The van der Waals surface area contributed by atoms with Crippen LogP contribution in [-0.4, -0.2) is 25.0 Å². The Morgan fingerprint density at radius 3 is 2.86 bits per heavy atom. The van der Waals surface area contributed by atoms with E-state index in [-0.39, 0.29) is 11.8 Å². The highest BCUT2D eigenvalue weighted by Gasteiger charge is 2.23. The summed E-state index contributed by atoms with van der Waals surface area (Å²) in [4.78, 5) is 11.6. The van der Waals surface area contributed by atoms with Gasteiger partial charge in [-0.05, 0) is 26.2 Å². The van der Waals surface area contributed by atoms with Gasteiger partial charge >= 0.3 is 0 Å². The molecule has 0 saturated carbocycles. The Bertz CT molecular complexity index is 174. The predicted molar refractivity (Wildman–Crippen MR) is 58.1 cm³/mol. The minimum atomic E-state index is 0.197. The van der Waals surface area contributed by atoms with Crippen molar-refractivity contribution in [1.29, 1.82) is 0 Å². The molecule has 0 bridgehead atoms. The SMILES string of the molecule is CCCCNC(=O)[C@@H]1CC[C@H](C)NC1. The van der Waals surface area contributed by atoms with E-state index in [0.29, 0.717) is 6.04 Å². The zero-order valence-electron chi connectivity index (χ0n) is 9.31. The summed E-state index contributed by atoms with van der Waals surface area (Å²) in [6.07, 6.45) is 4.38. The Balaban J connectivity index is 2.17. The van der Waals surface area contributed by atoms with Gasteiger partial charge in [-0.2, -0.15) is 0 Å². The Labute approximate surface area is 86.6 Å². The number of hydrogen-bond acceptors (Lipinski definition) is 2. The number of hydrogen-bond donors (Lipinski definition) is 2. The molecule has 1 fully saturated rings. The molecule has 14 heavy (non-hydrogen) atoms. The van der Waals surface area contributed by atoms with E-state index in [0.717, 1.165) is 38.8 Å². The molecular weight excluding hydrogens is 176 g/mol. The molecule has 3 nitrogen and oxygen atoms in total. The molecule has 1 amide bonds. The fraction of sp³-hybridized carbons (Fsp3) is 0.909. The molecular formula is C11H22N2O. The van der Waals surface area contributed by atoms with Crippen molar-refractivity contribution in [1.82, 2.24) is 10.6 Å². The van der Waals surface area contributed by atoms with Gasteiger partial charge in [0.05, 0.1) is 5.92 Å². The molecule has 1 aliphatic rings. The summed E-state index contributed by atoms with van der Waals surface area (Å²) in [7, 11) is 0. The summed E-state index contributed by atoms with van der Waals surface area (Å²) >= 11 is 0. The highest BCUT2D eigenvalue weighted by Crippen LogP contribution is 2.13. The predicted octanol–water partition coefficient (Wildman–Crippen LogP) is 1.29. The highest BCUT2D eigenvalue weighted by atomic mass is 16.1. The first kappa shape index (κ1) is 11.5. The zero-order valence-corrected chi connectivity index (χ0v) is 9.31. The smallest absolute Gasteiger partial charge is 0.224 e. The van der Waals surface area contributed by atoms with Crippen molar-refractivity contribution in [2.75, 3.05) is 13.1 Å². The maximum absolute atomic E-state index is 11.6. The Morgan fingerprint density at radius 2 is 2.29 bits per heavy atom. The largest absolute Gasteiger partial charge is 0.356 e. The number of piperidine rings is 1. The number of amides is 1. The van der Waals surface area contributed by atoms with E-state index in [1.807, 2.05) is 0 Å². The first-order valence-electron chi connectivity index (χ1n) is 5.75. The molecule has 1 heterocycles. The zero-order chi connectivity index (χ0) is 10.4. The number of carbonyl (C=O) groups is 1. The summed E-state index contributed by atoms with van der Waals surface area (Å²) in [5.74, 6) is 0.431. The number of carbonyl (C=O) groups excluding carboxylic acids is 1. The van der Waals surface area contributed by atoms with Crippen molar-refractivity contribution in [3.63, 3.8) is 0 Å². The monoisotopic (exact) mass is 198 g/mol. The van der Waals surface area contributed by atoms with E-state index in [2.05, 4.69) is 24.5 Å². The molecule has 0 aliphatic carbocycles. The van der Waals surface area contributed by atoms with Crippen LogP contribution >= 0.6 is 0 Å². The Kier molecular flexibility index (Phi) is 4.94. The maximum atomic E-state index is 11.6. The van der Waals surface area contributed by atoms with Crippen LogP contribution in [0.2, 0.25) is 0 Å². The minimum Gasteiger partial charge on any atom is -0.356 e. The number of rotatable bonds is 4. The minimum absolute atomic E-state index is 0.197. The van der Waals surface area contributed by atoms with E-state index in [4.69, 9.17) is 0 Å². The summed E-state index contributed by atoms with van der Waals surface area (Å²) in [5, 5.41) is 6.33. The van der Waals surface area contributed by atoms with Crippen LogP contribution in [0, 0.1) is 5.92 Å². The molecule has 0 aromatic carbocycles. The van der Waals surface area contributed by atoms with Crippen molar-refractivity contribution in [3.8, 4) is 0 Å². The van der Waals surface area contributed by atoms with Gasteiger partial charge in [-0.3, -0.25) is 4.79 Å². The van der Waals surface area contributed by atoms with Crippen molar-refractivity contribution in [2.24, 2.45) is 5.92 Å². The van der Waals surface area contributed by atoms with Gasteiger partial charge < -0.3 is 10.6 Å². The summed E-state index contributed by atoms with van der Waals surface area (Å²) in [5.41, 5.74) is 0. The van der Waals surface area contributed by atoms with E-state index in [1.54, 1.807) is 0 Å². The third-order valence-electron chi connectivity index (χ3n) is 2.86. The van der Waals surface area contributed by atoms with Gasteiger partial charge in [0.15, 0.2) is 0 Å². The third-order valence-corrected chi connectivity index (χ3v) is 2.86. The molecule has 0 unspecified atom stereocenters. The Hall–Kier alpha value is -0.570. The topological polar surface area (TPSA) is 41.1 Å². The van der Waals surface area contributed by atoms with E-state index in [9.17, 15) is 4.79 Å². The standard InChI is InChI=1S/C11H22N2O/c1-3-4-7-12-11(14)10-6-5-9(2)13-8-10/h9-10,13H,3-8H2,1-2H3,(H,12,14)/t9-,10+/m0/s1. The molecule has 1 aliphatic heterocycles. The number of unbranched alkanes of at least 4 members (excludes halogenated alkanes) is 1. The van der Waals surface area contributed by atoms with Gasteiger partial charge in [0.25, 0.3) is 0 Å². The van der Waals surface area contributed by atoms with E-state index >= 15 is 0 Å². The summed E-state index contributed by atoms with van der Waals surface area (Å²) < 4.78 is 0. The first-order chi connectivity index (χ1) is 6.74. The first-order valence-corrected chi connectivity index (χ1v) is 5.75. The molecule has 0 radical (unpaired) electrons. The van der Waals surface area contributed by atoms with Crippen molar-refractivity contribution >= 4 is 5.91 Å². The van der Waals surface area contributed by atoms with Crippen LogP contribution in [0.25, 0.3) is 0 Å². The molecule has 1 saturated heterocycles. The lowest BCUT2D eigenvalue weighted by Crippen LogP contribution is -2.44. The third kappa shape index (κ3) is 3.66. The van der Waals surface area contributed by atoms with Crippen LogP contribution in [0.15, 0.2) is 0 Å². The van der Waals surface area contributed by atoms with Crippen molar-refractivity contribution in [2.45, 2.75) is 45.6 Å². The van der Waals surface area contributed by atoms with Crippen LogP contribution in [0.5, 0.6) is 0 Å². The molecule has 0 spiro atoms. The van der Waals surface area contributed by atoms with Gasteiger partial charge in [-0.25, -0.2) is 0 Å². The molecule has 0 aromatic rings. The highest BCUT2D eigenvalue weighted by molar-refractivity contribution is 5.78. The lowest BCUT2D eigenvalue weighted by atomic mass is 9.95. The van der Waals surface area contributed by atoms with Gasteiger partial charge in [0, 0.05) is 19.1 Å². The van der Waals surface area contributed by atoms with Crippen molar-refractivity contribution < 1.29 is 4.79 Å². The summed E-state index contributed by atoms with van der Waals surface area (Å²) in [6, 6.07) is 0.578. The van der Waals surface area contributed by atoms with Crippen LogP contribution in [0.4, 0.5) is 0 Å². The quantitative estimate of drug-likeness (QED) is 0.668. The van der Waals surface area contributed by atoms with Gasteiger partial charge in [0.1, 0.15) is 0 Å². The van der Waals surface area contributed by atoms with Crippen LogP contribution in [-0.2, 0) is 4.79 Å². The molecule has 82 valence electrons. The molecule has 2 N–H and O–H groups in total. The summed E-state index contributed by atoms with van der Waals surface area (Å²) in [6.45, 7) is 5.99. The second-order valence-corrected chi connectivity index (χ2v) is 4.23. The van der Waals surface area contributed by atoms with Crippen molar-refractivity contribution in [3.05, 3.63) is 0 Å². The fourth-order valence-electron chi connectivity index (χ4n) is 1.76. The van der Waals surface area contributed by atoms with Crippen LogP contribution < -0.4 is 10.6 Å². The second kappa shape index (κ2) is 6.02. The molecule has 3 heteroatoms. The second-order valence-electron chi connectivity index (χ2n) is 4.23. The van der Waals surface area contributed by atoms with E-state index < -0.39 is 0 Å². The number of nitrogens with one attached hydrogen (secondary N) is 2. The average Bonchev–Trinajstić information content (AvgIpc) is 2.19. The molecule has 0 aromatic heterocycles. The van der Waals surface area contributed by atoms with Crippen LogP contribution in [0.3, 0.4) is 0 Å². The van der Waals surface area contributed by atoms with Gasteiger partial charge in [0.2, 0.25) is 5.91 Å². The Morgan fingerprint density at radius 1 is 1.50 bits per heavy atom. The maximum Gasteiger partial charge on any atom is 0.224 e. The fourth-order valence-corrected chi connectivity index (χ4v) is 1.76. The lowest BCUT2D eigenvalue weighted by molar-refractivity contribution is -0.125. The van der Waals surface area contributed by atoms with E-state index in [1.165, 1.54) is 0 Å². The lowest BCUT2D eigenvalue weighted by Gasteiger charge is -2.26.